The first kappa shape index (κ1) is 26.6. The van der Waals surface area contributed by atoms with Gasteiger partial charge in [0.25, 0.3) is 0 Å². The minimum absolute atomic E-state index is 0.0597. The van der Waals surface area contributed by atoms with E-state index < -0.39 is 52.3 Å². The average Bonchev–Trinajstić information content (AvgIpc) is 2.78. The highest BCUT2D eigenvalue weighted by Gasteiger charge is 2.38. The highest BCUT2D eigenvalue weighted by atomic mass is 32.2. The number of halogens is 6. The first-order chi connectivity index (χ1) is 16.4. The van der Waals surface area contributed by atoms with Gasteiger partial charge in [0.1, 0.15) is 11.8 Å². The van der Waals surface area contributed by atoms with E-state index in [2.05, 4.69) is 20.1 Å². The highest BCUT2D eigenvalue weighted by molar-refractivity contribution is 7.89. The normalized spacial score (nSPS) is 17.3. The molecule has 1 atom stereocenters. The van der Waals surface area contributed by atoms with Crippen molar-refractivity contribution in [3.05, 3.63) is 53.8 Å². The molecule has 0 radical (unpaired) electrons. The van der Waals surface area contributed by atoms with E-state index in [1.165, 1.54) is 6.07 Å². The largest absolute Gasteiger partial charge is 0.573 e. The number of benzene rings is 2. The fraction of sp³-hybridized carbons (Fsp3) is 0.350. The van der Waals surface area contributed by atoms with E-state index in [1.807, 2.05) is 0 Å². The lowest BCUT2D eigenvalue weighted by Crippen LogP contribution is -2.59. The first-order valence-electron chi connectivity index (χ1n) is 9.96. The number of carbonyl (C=O) groups is 1. The standard InChI is InChI=1S/C20H19F6N3O5S/c21-15-9-12(1-6-17(15)33-19(22)23)10-28-18(30)16-11-27-7-8-29(16)35(31,32)14-4-2-13(3-5-14)34-20(24,25)26/h1-6,9,16,19,27H,7-8,10-11H2,(H,28,30). The van der Waals surface area contributed by atoms with Crippen molar-refractivity contribution < 1.29 is 49.0 Å². The molecule has 0 bridgehead atoms. The Bertz CT molecular complexity index is 1140. The molecule has 35 heavy (non-hydrogen) atoms. The van der Waals surface area contributed by atoms with Gasteiger partial charge >= 0.3 is 13.0 Å². The summed E-state index contributed by atoms with van der Waals surface area (Å²) in [4.78, 5) is 12.4. The molecule has 1 fully saturated rings. The fourth-order valence-electron chi connectivity index (χ4n) is 3.30. The molecule has 1 amide bonds. The van der Waals surface area contributed by atoms with Crippen molar-refractivity contribution in [2.45, 2.75) is 30.5 Å². The lowest BCUT2D eigenvalue weighted by molar-refractivity contribution is -0.274. The lowest BCUT2D eigenvalue weighted by Gasteiger charge is -2.34. The van der Waals surface area contributed by atoms with Crippen molar-refractivity contribution in [3.8, 4) is 11.5 Å². The Morgan fingerprint density at radius 1 is 1.17 bits per heavy atom. The topological polar surface area (TPSA) is 97.0 Å². The lowest BCUT2D eigenvalue weighted by atomic mass is 10.2. The van der Waals surface area contributed by atoms with Crippen LogP contribution in [0.15, 0.2) is 47.4 Å². The zero-order chi connectivity index (χ0) is 25.8. The summed E-state index contributed by atoms with van der Waals surface area (Å²) in [5.41, 5.74) is 0.205. The molecule has 8 nitrogen and oxygen atoms in total. The van der Waals surface area contributed by atoms with Gasteiger partial charge in [0.05, 0.1) is 4.90 Å². The summed E-state index contributed by atoms with van der Waals surface area (Å²) in [6.07, 6.45) is -4.94. The van der Waals surface area contributed by atoms with Crippen LogP contribution >= 0.6 is 0 Å². The van der Waals surface area contributed by atoms with Gasteiger partial charge in [-0.1, -0.05) is 6.07 Å². The van der Waals surface area contributed by atoms with Crippen molar-refractivity contribution in [1.29, 1.82) is 0 Å². The third-order valence-electron chi connectivity index (χ3n) is 4.84. The molecular formula is C20H19F6N3O5S. The van der Waals surface area contributed by atoms with Gasteiger partial charge in [-0.3, -0.25) is 4.79 Å². The SMILES string of the molecule is O=C(NCc1ccc(OC(F)F)c(F)c1)C1CNCCN1S(=O)(=O)c1ccc(OC(F)(F)F)cc1. The van der Waals surface area contributed by atoms with Crippen LogP contribution in [0.5, 0.6) is 11.5 Å². The average molecular weight is 527 g/mol. The van der Waals surface area contributed by atoms with Crippen LogP contribution in [-0.2, 0) is 21.4 Å². The van der Waals surface area contributed by atoms with Crippen LogP contribution in [0.2, 0.25) is 0 Å². The van der Waals surface area contributed by atoms with E-state index in [-0.39, 0.29) is 36.6 Å². The fourth-order valence-corrected chi connectivity index (χ4v) is 4.89. The summed E-state index contributed by atoms with van der Waals surface area (Å²) in [5.74, 6) is -3.08. The second-order valence-corrected chi connectivity index (χ2v) is 9.11. The number of piperazine rings is 1. The number of rotatable bonds is 8. The monoisotopic (exact) mass is 527 g/mol. The van der Waals surface area contributed by atoms with E-state index in [1.54, 1.807) is 0 Å². The van der Waals surface area contributed by atoms with Crippen LogP contribution in [0.4, 0.5) is 26.3 Å². The molecule has 192 valence electrons. The number of carbonyl (C=O) groups excluding carboxylic acids is 1. The summed E-state index contributed by atoms with van der Waals surface area (Å²) in [7, 11) is -4.28. The summed E-state index contributed by atoms with van der Waals surface area (Å²) in [5, 5.41) is 5.34. The van der Waals surface area contributed by atoms with E-state index in [9.17, 15) is 39.6 Å². The molecule has 0 saturated carbocycles. The summed E-state index contributed by atoms with van der Waals surface area (Å²) < 4.78 is 110. The molecule has 0 spiro atoms. The van der Waals surface area contributed by atoms with Crippen LogP contribution in [-0.4, -0.2) is 57.3 Å². The van der Waals surface area contributed by atoms with Crippen molar-refractivity contribution in [1.82, 2.24) is 14.9 Å². The Balaban J connectivity index is 1.70. The predicted octanol–water partition coefficient (Wildman–Crippen LogP) is 2.60. The Morgan fingerprint density at radius 2 is 1.86 bits per heavy atom. The maximum absolute atomic E-state index is 13.9. The van der Waals surface area contributed by atoms with Crippen LogP contribution in [0, 0.1) is 5.82 Å². The minimum atomic E-state index is -4.94. The third kappa shape index (κ3) is 6.99. The van der Waals surface area contributed by atoms with E-state index in [4.69, 9.17) is 0 Å². The number of sulfonamides is 1. The molecule has 1 unspecified atom stereocenters. The number of nitrogens with zero attached hydrogens (tertiary/aromatic N) is 1. The molecule has 2 aromatic carbocycles. The second-order valence-electron chi connectivity index (χ2n) is 7.22. The predicted molar refractivity (Wildman–Crippen MR) is 109 cm³/mol. The number of hydrogen-bond donors (Lipinski definition) is 2. The highest BCUT2D eigenvalue weighted by Crippen LogP contribution is 2.26. The zero-order valence-corrected chi connectivity index (χ0v) is 18.5. The second kappa shape index (κ2) is 10.7. The number of nitrogens with one attached hydrogen (secondary N) is 2. The Hall–Kier alpha value is -3.04. The minimum Gasteiger partial charge on any atom is -0.432 e. The molecular weight excluding hydrogens is 508 g/mol. The van der Waals surface area contributed by atoms with Crippen molar-refractivity contribution in [3.63, 3.8) is 0 Å². The van der Waals surface area contributed by atoms with Crippen LogP contribution in [0.1, 0.15) is 5.56 Å². The van der Waals surface area contributed by atoms with E-state index in [0.29, 0.717) is 0 Å². The van der Waals surface area contributed by atoms with E-state index >= 15 is 0 Å². The van der Waals surface area contributed by atoms with Crippen molar-refractivity contribution in [2.75, 3.05) is 19.6 Å². The Labute approximate surface area is 195 Å². The van der Waals surface area contributed by atoms with Gasteiger partial charge in [-0.2, -0.15) is 13.1 Å². The van der Waals surface area contributed by atoms with Gasteiger partial charge < -0.3 is 20.1 Å². The van der Waals surface area contributed by atoms with Gasteiger partial charge in [0.15, 0.2) is 11.6 Å². The number of hydrogen-bond acceptors (Lipinski definition) is 6. The quantitative estimate of drug-likeness (QED) is 0.513. The molecule has 2 N–H and O–H groups in total. The Kier molecular flexibility index (Phi) is 8.12. The van der Waals surface area contributed by atoms with Gasteiger partial charge in [-0.25, -0.2) is 12.8 Å². The molecule has 1 saturated heterocycles. The smallest absolute Gasteiger partial charge is 0.432 e. The molecule has 2 aromatic rings. The maximum Gasteiger partial charge on any atom is 0.573 e. The third-order valence-corrected chi connectivity index (χ3v) is 6.76. The van der Waals surface area contributed by atoms with Crippen LogP contribution in [0.25, 0.3) is 0 Å². The Morgan fingerprint density at radius 3 is 2.46 bits per heavy atom. The molecule has 0 aliphatic carbocycles. The first-order valence-corrected chi connectivity index (χ1v) is 11.4. The molecule has 15 heteroatoms. The van der Waals surface area contributed by atoms with Crippen LogP contribution < -0.4 is 20.1 Å². The summed E-state index contributed by atoms with van der Waals surface area (Å²) in [6.45, 7) is -3.39. The number of alkyl halides is 5. The molecule has 3 rings (SSSR count). The molecule has 1 aliphatic rings. The van der Waals surface area contributed by atoms with Gasteiger partial charge in [-0.15, -0.1) is 13.2 Å². The molecule has 1 heterocycles. The van der Waals surface area contributed by atoms with Gasteiger partial charge in [-0.05, 0) is 42.0 Å². The maximum atomic E-state index is 13.9. The number of ether oxygens (including phenoxy) is 2. The van der Waals surface area contributed by atoms with Crippen molar-refractivity contribution in [2.24, 2.45) is 0 Å². The number of amides is 1. The van der Waals surface area contributed by atoms with Gasteiger partial charge in [0.2, 0.25) is 15.9 Å². The molecule has 0 aromatic heterocycles. The molecule has 1 aliphatic heterocycles. The summed E-state index contributed by atoms with van der Waals surface area (Å²) in [6, 6.07) is 5.43. The summed E-state index contributed by atoms with van der Waals surface area (Å²) >= 11 is 0. The zero-order valence-electron chi connectivity index (χ0n) is 17.7. The van der Waals surface area contributed by atoms with Crippen LogP contribution in [0.3, 0.4) is 0 Å². The van der Waals surface area contributed by atoms with Gasteiger partial charge in [0, 0.05) is 26.2 Å². The van der Waals surface area contributed by atoms with Crippen molar-refractivity contribution >= 4 is 15.9 Å². The van der Waals surface area contributed by atoms with E-state index in [0.717, 1.165) is 40.7 Å².